The van der Waals surface area contributed by atoms with Crippen LogP contribution in [0.3, 0.4) is 0 Å². The predicted octanol–water partition coefficient (Wildman–Crippen LogP) is 5.44. The first-order chi connectivity index (χ1) is 10.9. The van der Waals surface area contributed by atoms with Gasteiger partial charge in [0.1, 0.15) is 0 Å². The highest BCUT2D eigenvalue weighted by molar-refractivity contribution is 8.22. The van der Waals surface area contributed by atoms with Crippen molar-refractivity contribution in [2.75, 3.05) is 0 Å². The van der Waals surface area contributed by atoms with Gasteiger partial charge in [0.2, 0.25) is 0 Å². The molecule has 0 aliphatic carbocycles. The van der Waals surface area contributed by atoms with Gasteiger partial charge in [-0.05, 0) is 51.0 Å². The van der Waals surface area contributed by atoms with Crippen molar-refractivity contribution in [2.24, 2.45) is 0 Å². The highest BCUT2D eigenvalue weighted by Gasteiger charge is 2.18. The van der Waals surface area contributed by atoms with Crippen molar-refractivity contribution in [3.05, 3.63) is 88.2 Å². The van der Waals surface area contributed by atoms with Gasteiger partial charge in [0.15, 0.2) is 5.78 Å². The Morgan fingerprint density at radius 2 is 1.65 bits per heavy atom. The summed E-state index contributed by atoms with van der Waals surface area (Å²) in [6.07, 6.45) is 1.96. The second-order valence-electron chi connectivity index (χ2n) is 6.72. The molecule has 0 bridgehead atoms. The van der Waals surface area contributed by atoms with Crippen LogP contribution in [0, 0.1) is 6.07 Å². The van der Waals surface area contributed by atoms with Crippen molar-refractivity contribution >= 4 is 16.7 Å². The zero-order valence-electron chi connectivity index (χ0n) is 13.7. The van der Waals surface area contributed by atoms with Crippen molar-refractivity contribution in [1.82, 2.24) is 0 Å². The predicted molar refractivity (Wildman–Crippen MR) is 99.2 cm³/mol. The van der Waals surface area contributed by atoms with Gasteiger partial charge in [0.05, 0.1) is 0 Å². The Bertz CT molecular complexity index is 762. The topological polar surface area (TPSA) is 17.1 Å². The molecule has 0 spiro atoms. The Morgan fingerprint density at radius 1 is 1.00 bits per heavy atom. The smallest absolute Gasteiger partial charge is 0.193 e. The molecule has 0 amide bonds. The van der Waals surface area contributed by atoms with Crippen LogP contribution in [0.1, 0.15) is 36.7 Å². The van der Waals surface area contributed by atoms with Crippen LogP contribution in [-0.4, -0.2) is 5.78 Å². The molecular weight excluding hydrogens is 300 g/mol. The summed E-state index contributed by atoms with van der Waals surface area (Å²) < 4.78 is 0. The molecule has 2 heteroatoms. The fraction of sp³-hybridized carbons (Fsp3) is 0.190. The summed E-state index contributed by atoms with van der Waals surface area (Å²) in [4.78, 5) is 13.9. The van der Waals surface area contributed by atoms with E-state index in [0.29, 0.717) is 0 Å². The summed E-state index contributed by atoms with van der Waals surface area (Å²) in [6.45, 7) is 6.53. The van der Waals surface area contributed by atoms with E-state index in [1.54, 1.807) is 0 Å². The molecule has 1 unspecified atom stereocenters. The third-order valence-corrected chi connectivity index (χ3v) is 5.89. The molecule has 1 heterocycles. The van der Waals surface area contributed by atoms with Gasteiger partial charge in [-0.3, -0.25) is 4.79 Å². The van der Waals surface area contributed by atoms with Gasteiger partial charge in [-0.2, -0.15) is 10.9 Å². The summed E-state index contributed by atoms with van der Waals surface area (Å²) >= 11 is 0. The van der Waals surface area contributed by atoms with Crippen molar-refractivity contribution in [3.63, 3.8) is 0 Å². The highest BCUT2D eigenvalue weighted by Crippen LogP contribution is 2.44. The maximum atomic E-state index is 12.7. The Morgan fingerprint density at radius 3 is 2.26 bits per heavy atom. The first-order valence-electron chi connectivity index (χ1n) is 7.75. The third kappa shape index (κ3) is 3.48. The van der Waals surface area contributed by atoms with Gasteiger partial charge < -0.3 is 0 Å². The van der Waals surface area contributed by atoms with Gasteiger partial charge >= 0.3 is 0 Å². The van der Waals surface area contributed by atoms with E-state index in [0.717, 1.165) is 11.1 Å². The molecule has 0 fully saturated rings. The molecule has 23 heavy (non-hydrogen) atoms. The summed E-state index contributed by atoms with van der Waals surface area (Å²) in [5.74, 6) is 0.106. The molecule has 1 aliphatic heterocycles. The van der Waals surface area contributed by atoms with Gasteiger partial charge in [-0.15, -0.1) is 0 Å². The van der Waals surface area contributed by atoms with E-state index < -0.39 is 10.9 Å². The van der Waals surface area contributed by atoms with Gasteiger partial charge in [-0.1, -0.05) is 57.2 Å². The number of ketones is 1. The van der Waals surface area contributed by atoms with E-state index in [1.165, 1.54) is 10.5 Å². The minimum absolute atomic E-state index is 0.104. The lowest BCUT2D eigenvalue weighted by molar-refractivity contribution is 0.103. The van der Waals surface area contributed by atoms with Crippen LogP contribution < -0.4 is 0 Å². The summed E-state index contributed by atoms with van der Waals surface area (Å²) in [6, 6.07) is 19.0. The van der Waals surface area contributed by atoms with Crippen LogP contribution in [0.2, 0.25) is 0 Å². The van der Waals surface area contributed by atoms with Crippen LogP contribution in [0.15, 0.2) is 75.9 Å². The summed E-state index contributed by atoms with van der Waals surface area (Å²) in [5, 5.41) is 4.24. The molecule has 0 saturated carbocycles. The van der Waals surface area contributed by atoms with E-state index >= 15 is 0 Å². The molecule has 0 saturated heterocycles. The lowest BCUT2D eigenvalue weighted by atomic mass is 9.86. The number of allylic oxidation sites excluding steroid dienone is 2. The Labute approximate surface area is 141 Å². The second kappa shape index (κ2) is 6.21. The highest BCUT2D eigenvalue weighted by atomic mass is 32.2. The molecule has 1 nitrogen and oxygen atoms in total. The summed E-state index contributed by atoms with van der Waals surface area (Å²) in [7, 11) is -0.511. The number of hydrogen-bond acceptors (Lipinski definition) is 1. The molecule has 2 aromatic rings. The normalized spacial score (nSPS) is 18.7. The third-order valence-electron chi connectivity index (χ3n) is 3.97. The molecule has 1 atom stereocenters. The lowest BCUT2D eigenvalue weighted by Crippen LogP contribution is -2.11. The van der Waals surface area contributed by atoms with Crippen molar-refractivity contribution in [3.8, 4) is 0 Å². The number of benzene rings is 2. The van der Waals surface area contributed by atoms with Crippen molar-refractivity contribution < 1.29 is 4.79 Å². The standard InChI is InChI=1S/C21H21OS/c1-21(2,3)18-11-9-16(10-12-18)20(22)17-13-14-23(15-17)19-7-5-4-6-8-19/h5-15,23H,1-3H3. The van der Waals surface area contributed by atoms with Gasteiger partial charge in [0.25, 0.3) is 0 Å². The first-order valence-corrected chi connectivity index (χ1v) is 9.23. The number of carbonyl (C=O) groups excluding carboxylic acids is 1. The van der Waals surface area contributed by atoms with E-state index in [1.807, 2.05) is 30.3 Å². The van der Waals surface area contributed by atoms with Crippen LogP contribution in [-0.2, 0) is 5.41 Å². The van der Waals surface area contributed by atoms with Crippen molar-refractivity contribution in [1.29, 1.82) is 0 Å². The van der Waals surface area contributed by atoms with Gasteiger partial charge in [-0.25, -0.2) is 0 Å². The number of carbonyl (C=O) groups is 1. The quantitative estimate of drug-likeness (QED) is 0.588. The monoisotopic (exact) mass is 321 g/mol. The molecule has 3 rings (SSSR count). The Balaban J connectivity index is 1.80. The van der Waals surface area contributed by atoms with E-state index in [4.69, 9.17) is 0 Å². The zero-order chi connectivity index (χ0) is 16.4. The largest absolute Gasteiger partial charge is 0.289 e. The molecular formula is C21H21OS. The molecule has 1 radical (unpaired) electrons. The van der Waals surface area contributed by atoms with Crippen LogP contribution in [0.5, 0.6) is 0 Å². The number of rotatable bonds is 3. The average Bonchev–Trinajstić information content (AvgIpc) is 3.04. The SMILES string of the molecule is CC(C)(C)c1ccc(C(=O)C2=C[SH](c3cc[c]cc3)C=C2)cc1. The fourth-order valence-corrected chi connectivity index (χ4v) is 4.25. The minimum atomic E-state index is -0.511. The Kier molecular flexibility index (Phi) is 4.27. The van der Waals surface area contributed by atoms with Gasteiger partial charge in [0, 0.05) is 11.1 Å². The number of hydrogen-bond donors (Lipinski definition) is 1. The summed E-state index contributed by atoms with van der Waals surface area (Å²) in [5.41, 5.74) is 2.90. The minimum Gasteiger partial charge on any atom is -0.289 e. The van der Waals surface area contributed by atoms with E-state index in [2.05, 4.69) is 61.9 Å². The zero-order valence-corrected chi connectivity index (χ0v) is 14.6. The number of thiol groups is 1. The Hall–Kier alpha value is -2.06. The molecule has 117 valence electrons. The number of Topliss-reactive ketones (excluding diaryl/α,β-unsaturated/α-hetero) is 1. The van der Waals surface area contributed by atoms with Crippen molar-refractivity contribution in [2.45, 2.75) is 31.1 Å². The first kappa shape index (κ1) is 15.8. The maximum Gasteiger partial charge on any atom is 0.193 e. The lowest BCUT2D eigenvalue weighted by Gasteiger charge is -2.19. The molecule has 1 aliphatic rings. The van der Waals surface area contributed by atoms with Crippen LogP contribution in [0.25, 0.3) is 0 Å². The van der Waals surface area contributed by atoms with E-state index in [9.17, 15) is 4.79 Å². The molecule has 0 aromatic heterocycles. The van der Waals surface area contributed by atoms with Crippen LogP contribution in [0.4, 0.5) is 0 Å². The fourth-order valence-electron chi connectivity index (χ4n) is 2.53. The second-order valence-corrected chi connectivity index (χ2v) is 8.61. The maximum absolute atomic E-state index is 12.7. The average molecular weight is 321 g/mol. The molecule has 2 aromatic carbocycles. The molecule has 0 N–H and O–H groups in total. The van der Waals surface area contributed by atoms with Crippen LogP contribution >= 0.6 is 10.9 Å². The van der Waals surface area contributed by atoms with E-state index in [-0.39, 0.29) is 11.2 Å².